The Bertz CT molecular complexity index is 2760. The second-order valence-corrected chi connectivity index (χ2v) is 29.5. The van der Waals surface area contributed by atoms with Gasteiger partial charge in [0.2, 0.25) is 0 Å². The van der Waals surface area contributed by atoms with E-state index in [0.717, 1.165) is 218 Å². The summed E-state index contributed by atoms with van der Waals surface area (Å²) < 4.78 is 68.6. The van der Waals surface area contributed by atoms with Crippen molar-refractivity contribution in [3.05, 3.63) is 182 Å². The van der Waals surface area contributed by atoms with Gasteiger partial charge in [0.25, 0.3) is 0 Å². The van der Waals surface area contributed by atoms with Gasteiger partial charge in [-0.05, 0) is 173 Å². The van der Waals surface area contributed by atoms with Crippen LogP contribution in [-0.2, 0) is 65.4 Å². The van der Waals surface area contributed by atoms with Crippen LogP contribution in [0.2, 0.25) is 0 Å². The highest BCUT2D eigenvalue weighted by Crippen LogP contribution is 2.45. The van der Waals surface area contributed by atoms with Gasteiger partial charge in [-0.2, -0.15) is 0 Å². The van der Waals surface area contributed by atoms with Crippen molar-refractivity contribution in [3.8, 4) is 0 Å². The summed E-state index contributed by atoms with van der Waals surface area (Å²) in [5.41, 5.74) is 0. The third kappa shape index (κ3) is 78.3. The van der Waals surface area contributed by atoms with E-state index in [4.69, 9.17) is 37.0 Å². The van der Waals surface area contributed by atoms with Gasteiger partial charge in [0.15, 0.2) is 12.2 Å². The summed E-state index contributed by atoms with van der Waals surface area (Å²) in [6.45, 7) is 4.36. The van der Waals surface area contributed by atoms with Gasteiger partial charge in [0.05, 0.1) is 26.4 Å². The molecule has 0 aromatic carbocycles. The van der Waals surface area contributed by atoms with Crippen molar-refractivity contribution in [1.82, 2.24) is 0 Å². The molecule has 0 fully saturated rings. The molecule has 17 nitrogen and oxygen atoms in total. The number of phosphoric acid groups is 2. The minimum absolute atomic E-state index is 0.0632. The minimum Gasteiger partial charge on any atom is -0.462 e. The van der Waals surface area contributed by atoms with E-state index in [-0.39, 0.29) is 25.7 Å². The maximum absolute atomic E-state index is 13.1. The number of hydrogen-bond acceptors (Lipinski definition) is 15. The van der Waals surface area contributed by atoms with Crippen LogP contribution in [0.1, 0.15) is 297 Å². The Balaban J connectivity index is 5.46. The number of carbonyl (C=O) groups excluding carboxylic acids is 4. The summed E-state index contributed by atoms with van der Waals surface area (Å²) in [4.78, 5) is 73.2. The van der Waals surface area contributed by atoms with Crippen LogP contribution in [0.3, 0.4) is 0 Å². The number of rotatable bonds is 75. The van der Waals surface area contributed by atoms with Gasteiger partial charge in [-0.1, -0.05) is 281 Å². The van der Waals surface area contributed by atoms with Crippen molar-refractivity contribution in [2.75, 3.05) is 39.6 Å². The fourth-order valence-corrected chi connectivity index (χ4v) is 11.8. The number of carbonyl (C=O) groups is 4. The summed E-state index contributed by atoms with van der Waals surface area (Å²) >= 11 is 0. The van der Waals surface area contributed by atoms with E-state index in [9.17, 15) is 43.2 Å². The lowest BCUT2D eigenvalue weighted by atomic mass is 10.1. The van der Waals surface area contributed by atoms with E-state index in [0.29, 0.717) is 25.7 Å². The quantitative estimate of drug-likeness (QED) is 0.0169. The van der Waals surface area contributed by atoms with Crippen molar-refractivity contribution in [2.45, 2.75) is 316 Å². The Morgan fingerprint density at radius 1 is 0.269 bits per heavy atom. The first-order chi connectivity index (χ1) is 52.7. The fourth-order valence-electron chi connectivity index (χ4n) is 10.2. The molecular weight excluding hydrogens is 1400 g/mol. The number of phosphoric ester groups is 2. The van der Waals surface area contributed by atoms with Crippen molar-refractivity contribution in [2.24, 2.45) is 0 Å². The van der Waals surface area contributed by atoms with Crippen molar-refractivity contribution in [1.29, 1.82) is 0 Å². The Morgan fingerprint density at radius 3 is 0.750 bits per heavy atom. The first kappa shape index (κ1) is 102. The molecule has 0 spiro atoms. The van der Waals surface area contributed by atoms with E-state index in [1.807, 2.05) is 0 Å². The number of unbranched alkanes of at least 4 members (excludes halogenated alkanes) is 19. The molecule has 612 valence electrons. The van der Waals surface area contributed by atoms with Gasteiger partial charge in [-0.25, -0.2) is 9.13 Å². The molecule has 0 aromatic heterocycles. The van der Waals surface area contributed by atoms with Gasteiger partial charge in [0.1, 0.15) is 19.3 Å². The van der Waals surface area contributed by atoms with Crippen LogP contribution in [0.4, 0.5) is 0 Å². The number of aliphatic hydroxyl groups is 1. The first-order valence-corrected chi connectivity index (χ1v) is 44.0. The molecule has 0 aromatic rings. The molecule has 0 saturated carbocycles. The lowest BCUT2D eigenvalue weighted by Gasteiger charge is -2.21. The lowest BCUT2D eigenvalue weighted by Crippen LogP contribution is -2.30. The van der Waals surface area contributed by atoms with Crippen LogP contribution in [0, 0.1) is 0 Å². The minimum atomic E-state index is -5.00. The molecule has 0 rings (SSSR count). The normalized spacial score (nSPS) is 14.8. The molecule has 0 aliphatic rings. The van der Waals surface area contributed by atoms with E-state index >= 15 is 0 Å². The Kier molecular flexibility index (Phi) is 75.0. The van der Waals surface area contributed by atoms with Crippen LogP contribution in [0.25, 0.3) is 0 Å². The van der Waals surface area contributed by atoms with Crippen LogP contribution in [0.15, 0.2) is 182 Å². The summed E-state index contributed by atoms with van der Waals surface area (Å²) in [5.74, 6) is -2.28. The summed E-state index contributed by atoms with van der Waals surface area (Å²) in [6.07, 6.45) is 95.7. The molecule has 5 unspecified atom stereocenters. The zero-order valence-electron chi connectivity index (χ0n) is 66.9. The fraction of sp³-hybridized carbons (Fsp3) is 0.618. The predicted octanol–water partition coefficient (Wildman–Crippen LogP) is 24.3. The summed E-state index contributed by atoms with van der Waals surface area (Å²) in [5, 5.41) is 10.7. The molecule has 19 heteroatoms. The third-order valence-corrected chi connectivity index (χ3v) is 18.2. The average molecular weight is 1550 g/mol. The Hall–Kier alpha value is -5.84. The molecule has 0 bridgehead atoms. The monoisotopic (exact) mass is 1550 g/mol. The van der Waals surface area contributed by atoms with Gasteiger partial charge >= 0.3 is 39.5 Å². The third-order valence-electron chi connectivity index (χ3n) is 16.3. The van der Waals surface area contributed by atoms with Crippen LogP contribution < -0.4 is 0 Å². The highest BCUT2D eigenvalue weighted by molar-refractivity contribution is 7.47. The molecule has 0 amide bonds. The Labute approximate surface area is 654 Å². The maximum Gasteiger partial charge on any atom is 0.472 e. The summed E-state index contributed by atoms with van der Waals surface area (Å²) in [6, 6.07) is 0. The molecule has 0 aliphatic carbocycles. The molecule has 5 atom stereocenters. The molecule has 3 N–H and O–H groups in total. The molecule has 0 aliphatic heterocycles. The maximum atomic E-state index is 13.1. The van der Waals surface area contributed by atoms with Gasteiger partial charge in [-0.15, -0.1) is 0 Å². The van der Waals surface area contributed by atoms with Gasteiger partial charge in [0, 0.05) is 25.7 Å². The summed E-state index contributed by atoms with van der Waals surface area (Å²) in [7, 11) is -10.0. The van der Waals surface area contributed by atoms with Crippen LogP contribution >= 0.6 is 15.6 Å². The number of allylic oxidation sites excluding steroid dienone is 30. The lowest BCUT2D eigenvalue weighted by molar-refractivity contribution is -0.161. The van der Waals surface area contributed by atoms with Crippen LogP contribution in [-0.4, -0.2) is 96.7 Å². The molecular formula is C89H144O17P2. The van der Waals surface area contributed by atoms with E-state index in [2.05, 4.69) is 210 Å². The highest BCUT2D eigenvalue weighted by atomic mass is 31.2. The topological polar surface area (TPSA) is 237 Å². The number of aliphatic hydroxyl groups excluding tert-OH is 1. The van der Waals surface area contributed by atoms with Gasteiger partial charge in [-0.3, -0.25) is 37.3 Å². The standard InChI is InChI=1S/C89H144O17P2/c1-5-9-13-17-21-25-29-33-36-39-41-44-47-51-54-58-62-66-70-74-87(92)100-80-85(106-89(94)76-72-68-64-60-56-52-48-45-42-40-37-34-30-26-22-18-14-10-6-2)82-104-108(97,98)102-78-83(90)77-101-107(95,96)103-81-84(105-88(93)75-71-67-63-59-55-49-32-28-24-20-16-12-8-4)79-99-86(91)73-69-65-61-57-53-50-46-43-38-35-31-27-23-19-15-11-7-3/h9-11,13-16,20-23,25-28,32-38,41-42,44-46,50-51,54,83-85,90H,5-8,12,17-19,24,29-31,39-40,43,47-49,52-53,55-82H2,1-4H3,(H,95,96)(H,97,98)/b13-9-,14-10-,15-11-,20-16-,25-21-,26-22-,27-23-,32-28-,36-33-,37-34-,38-35-,44-41-,45-42-,50-46-,54-51-. The van der Waals surface area contributed by atoms with E-state index in [1.54, 1.807) is 0 Å². The second kappa shape index (κ2) is 79.3. The largest absolute Gasteiger partial charge is 0.472 e. The highest BCUT2D eigenvalue weighted by Gasteiger charge is 2.30. The molecule has 0 heterocycles. The van der Waals surface area contributed by atoms with E-state index in [1.165, 1.54) is 0 Å². The van der Waals surface area contributed by atoms with E-state index < -0.39 is 97.5 Å². The SMILES string of the molecule is CC/C=C\C/C=C\C/C=C\C/C=C\C/C=C\CCCCCC(=O)OCC(COP(=O)(O)OCC(O)COP(=O)(O)OCC(COC(=O)CCCCCC/C=C\C/C=C\C/C=C\C/C=C\CC)OC(=O)CCCCCCC/C=C\C/C=C\CCC)OC(=O)CCCCCCCC/C=C\C/C=C\C/C=C\C/C=C\CC. The molecule has 108 heavy (non-hydrogen) atoms. The predicted molar refractivity (Wildman–Crippen MR) is 445 cm³/mol. The smallest absolute Gasteiger partial charge is 0.462 e. The average Bonchev–Trinajstić information content (AvgIpc) is 0.892. The van der Waals surface area contributed by atoms with Crippen molar-refractivity contribution >= 4 is 39.5 Å². The molecule has 0 saturated heterocycles. The number of hydrogen-bond donors (Lipinski definition) is 3. The number of ether oxygens (including phenoxy) is 4. The zero-order chi connectivity index (χ0) is 78.9. The van der Waals surface area contributed by atoms with Crippen LogP contribution in [0.5, 0.6) is 0 Å². The second-order valence-electron chi connectivity index (χ2n) is 26.6. The zero-order valence-corrected chi connectivity index (χ0v) is 68.7. The van der Waals surface area contributed by atoms with Crippen molar-refractivity contribution in [3.63, 3.8) is 0 Å². The van der Waals surface area contributed by atoms with Crippen molar-refractivity contribution < 1.29 is 80.2 Å². The number of esters is 4. The molecule has 0 radical (unpaired) electrons. The van der Waals surface area contributed by atoms with Gasteiger partial charge < -0.3 is 33.8 Å². The first-order valence-electron chi connectivity index (χ1n) is 41.0. The Morgan fingerprint density at radius 2 is 0.481 bits per heavy atom.